The highest BCUT2D eigenvalue weighted by molar-refractivity contribution is 6.64. The molecule has 1 aliphatic heterocycles. The molecule has 1 amide bonds. The highest BCUT2D eigenvalue weighted by Gasteiger charge is 2.42. The van der Waals surface area contributed by atoms with Gasteiger partial charge in [-0.25, -0.2) is 0 Å². The molecule has 0 saturated heterocycles. The van der Waals surface area contributed by atoms with E-state index in [0.29, 0.717) is 40.1 Å². The van der Waals surface area contributed by atoms with Crippen molar-refractivity contribution in [3.8, 4) is 5.75 Å². The molecule has 1 unspecified atom stereocenters. The molecule has 3 aromatic carbocycles. The van der Waals surface area contributed by atoms with Crippen LogP contribution in [-0.4, -0.2) is 22.7 Å². The SMILES string of the molecule is CC(C)C(C)COc1cc(C(C)(C)C)ccc1C1=N[C@@H](c2ccc(Cl)cc2)[C@@H](c2ccc(Cl)cc2)N1C(=O)Cl. The molecule has 0 fully saturated rings. The molecule has 7 heteroatoms. The van der Waals surface area contributed by atoms with Crippen LogP contribution in [0.1, 0.15) is 75.9 Å². The number of hydrogen-bond acceptors (Lipinski definition) is 3. The first-order valence-corrected chi connectivity index (χ1v) is 14.4. The van der Waals surface area contributed by atoms with E-state index < -0.39 is 17.5 Å². The molecular weight excluding hydrogens is 551 g/mol. The minimum atomic E-state index is -0.619. The monoisotopic (exact) mass is 584 g/mol. The predicted octanol–water partition coefficient (Wildman–Crippen LogP) is 9.87. The number of carbonyl (C=O) groups is 1. The van der Waals surface area contributed by atoms with Gasteiger partial charge >= 0.3 is 5.37 Å². The van der Waals surface area contributed by atoms with E-state index in [2.05, 4.69) is 53.7 Å². The Kier molecular flexibility index (Phi) is 9.00. The standard InChI is InChI=1S/C32H35Cl3N2O2/c1-19(2)20(3)18-39-27-17-23(32(4,5)6)11-16-26(27)30-36-28(21-7-12-24(33)13-8-21)29(37(30)31(35)38)22-9-14-25(34)15-10-22/h7-17,19-20,28-29H,18H2,1-6H3/t20?,28-,29+/m0/s1. The van der Waals surface area contributed by atoms with Gasteiger partial charge in [-0.15, -0.1) is 0 Å². The Morgan fingerprint density at radius 1 is 0.923 bits per heavy atom. The molecule has 0 saturated carbocycles. The maximum Gasteiger partial charge on any atom is 0.322 e. The van der Waals surface area contributed by atoms with E-state index in [1.807, 2.05) is 54.6 Å². The molecule has 0 bridgehead atoms. The van der Waals surface area contributed by atoms with Crippen LogP contribution in [0.25, 0.3) is 0 Å². The fourth-order valence-electron chi connectivity index (χ4n) is 4.54. The van der Waals surface area contributed by atoms with Crippen molar-refractivity contribution in [1.29, 1.82) is 0 Å². The molecule has 1 heterocycles. The number of rotatable bonds is 7. The van der Waals surface area contributed by atoms with E-state index in [4.69, 9.17) is 44.5 Å². The molecule has 3 aromatic rings. The van der Waals surface area contributed by atoms with Crippen molar-refractivity contribution in [1.82, 2.24) is 4.90 Å². The number of carbonyl (C=O) groups excluding carboxylic acids is 1. The number of benzene rings is 3. The third-order valence-electron chi connectivity index (χ3n) is 7.41. The fourth-order valence-corrected chi connectivity index (χ4v) is 4.98. The largest absolute Gasteiger partial charge is 0.493 e. The van der Waals surface area contributed by atoms with Gasteiger partial charge in [0.15, 0.2) is 0 Å². The first-order chi connectivity index (χ1) is 18.4. The van der Waals surface area contributed by atoms with Gasteiger partial charge in [0.25, 0.3) is 0 Å². The maximum atomic E-state index is 13.1. The van der Waals surface area contributed by atoms with Gasteiger partial charge in [0.05, 0.1) is 18.2 Å². The summed E-state index contributed by atoms with van der Waals surface area (Å²) in [7, 11) is 0. The summed E-state index contributed by atoms with van der Waals surface area (Å²) in [6.45, 7) is 13.6. The van der Waals surface area contributed by atoms with Crippen LogP contribution in [0, 0.1) is 11.8 Å². The molecule has 3 atom stereocenters. The summed E-state index contributed by atoms with van der Waals surface area (Å²) >= 11 is 18.7. The summed E-state index contributed by atoms with van der Waals surface area (Å²) in [5, 5.41) is 0.617. The predicted molar refractivity (Wildman–Crippen MR) is 163 cm³/mol. The first-order valence-electron chi connectivity index (χ1n) is 13.2. The molecular formula is C32H35Cl3N2O2. The average molecular weight is 586 g/mol. The molecule has 39 heavy (non-hydrogen) atoms. The van der Waals surface area contributed by atoms with Crippen molar-refractivity contribution >= 4 is 46.0 Å². The minimum absolute atomic E-state index is 0.0858. The van der Waals surface area contributed by atoms with E-state index in [-0.39, 0.29) is 5.41 Å². The lowest BCUT2D eigenvalue weighted by atomic mass is 9.86. The van der Waals surface area contributed by atoms with Crippen LogP contribution in [0.5, 0.6) is 5.75 Å². The van der Waals surface area contributed by atoms with Gasteiger partial charge in [-0.05, 0) is 81.9 Å². The Morgan fingerprint density at radius 3 is 2.00 bits per heavy atom. The second kappa shape index (κ2) is 11.9. The molecule has 206 valence electrons. The van der Waals surface area contributed by atoms with Crippen molar-refractivity contribution in [3.63, 3.8) is 0 Å². The van der Waals surface area contributed by atoms with Gasteiger partial charge < -0.3 is 4.74 Å². The molecule has 0 aliphatic carbocycles. The van der Waals surface area contributed by atoms with Crippen LogP contribution in [0.15, 0.2) is 71.7 Å². The molecule has 0 N–H and O–H groups in total. The van der Waals surface area contributed by atoms with Crippen molar-refractivity contribution in [2.75, 3.05) is 6.61 Å². The third-order valence-corrected chi connectivity index (χ3v) is 8.09. The second-order valence-corrected chi connectivity index (χ2v) is 12.8. The Hall–Kier alpha value is -2.53. The van der Waals surface area contributed by atoms with Gasteiger partial charge in [0.1, 0.15) is 17.6 Å². The molecule has 0 spiro atoms. The Morgan fingerprint density at radius 2 is 1.49 bits per heavy atom. The van der Waals surface area contributed by atoms with Gasteiger partial charge in [0.2, 0.25) is 0 Å². The zero-order valence-electron chi connectivity index (χ0n) is 23.2. The third kappa shape index (κ3) is 6.62. The zero-order chi connectivity index (χ0) is 28.5. The van der Waals surface area contributed by atoms with E-state index in [9.17, 15) is 4.79 Å². The summed E-state index contributed by atoms with van der Waals surface area (Å²) in [6.07, 6.45) is 0. The van der Waals surface area contributed by atoms with Crippen LogP contribution in [-0.2, 0) is 5.41 Å². The molecule has 4 nitrogen and oxygen atoms in total. The van der Waals surface area contributed by atoms with E-state index >= 15 is 0 Å². The van der Waals surface area contributed by atoms with Gasteiger partial charge in [0, 0.05) is 10.0 Å². The van der Waals surface area contributed by atoms with Crippen LogP contribution in [0.3, 0.4) is 0 Å². The van der Waals surface area contributed by atoms with Crippen molar-refractivity contribution in [3.05, 3.63) is 99.0 Å². The number of amides is 1. The first kappa shape index (κ1) is 29.5. The molecule has 4 rings (SSSR count). The van der Waals surface area contributed by atoms with Crippen molar-refractivity contribution in [2.24, 2.45) is 16.8 Å². The van der Waals surface area contributed by atoms with E-state index in [0.717, 1.165) is 22.3 Å². The summed E-state index contributed by atoms with van der Waals surface area (Å²) in [4.78, 5) is 19.8. The maximum absolute atomic E-state index is 13.1. The number of amidine groups is 1. The van der Waals surface area contributed by atoms with Crippen molar-refractivity contribution in [2.45, 2.75) is 59.0 Å². The Balaban J connectivity index is 1.88. The van der Waals surface area contributed by atoms with Crippen LogP contribution >= 0.6 is 34.8 Å². The number of halogens is 3. The second-order valence-electron chi connectivity index (χ2n) is 11.6. The van der Waals surface area contributed by atoms with Crippen molar-refractivity contribution < 1.29 is 9.53 Å². The quantitative estimate of drug-likeness (QED) is 0.204. The van der Waals surface area contributed by atoms with Gasteiger partial charge in [-0.1, -0.05) is 95.1 Å². The summed E-state index contributed by atoms with van der Waals surface area (Å²) < 4.78 is 6.45. The lowest BCUT2D eigenvalue weighted by molar-refractivity contribution is 0.221. The highest BCUT2D eigenvalue weighted by Crippen LogP contribution is 2.46. The number of aliphatic imine (C=N–C) groups is 1. The number of nitrogens with zero attached hydrogens (tertiary/aromatic N) is 2. The Labute approximate surface area is 246 Å². The summed E-state index contributed by atoms with van der Waals surface area (Å²) in [5.41, 5.74) is 3.55. The fraction of sp³-hybridized carbons (Fsp3) is 0.375. The normalized spacial score (nSPS) is 18.3. The topological polar surface area (TPSA) is 41.9 Å². The summed E-state index contributed by atoms with van der Waals surface area (Å²) in [5.74, 6) is 1.97. The smallest absolute Gasteiger partial charge is 0.322 e. The lowest BCUT2D eigenvalue weighted by Gasteiger charge is -2.29. The number of ether oxygens (including phenoxy) is 1. The highest BCUT2D eigenvalue weighted by atomic mass is 35.5. The van der Waals surface area contributed by atoms with Crippen LogP contribution in [0.2, 0.25) is 10.0 Å². The molecule has 1 aliphatic rings. The molecule has 0 aromatic heterocycles. The zero-order valence-corrected chi connectivity index (χ0v) is 25.5. The van der Waals surface area contributed by atoms with Crippen LogP contribution < -0.4 is 4.74 Å². The molecule has 0 radical (unpaired) electrons. The minimum Gasteiger partial charge on any atom is -0.493 e. The summed E-state index contributed by atoms with van der Waals surface area (Å²) in [6, 6.07) is 20.2. The van der Waals surface area contributed by atoms with Gasteiger partial charge in [-0.3, -0.25) is 14.7 Å². The van der Waals surface area contributed by atoms with Gasteiger partial charge in [-0.2, -0.15) is 0 Å². The Bertz CT molecular complexity index is 1350. The lowest BCUT2D eigenvalue weighted by Crippen LogP contribution is -2.34. The average Bonchev–Trinajstić information content (AvgIpc) is 3.28. The number of hydrogen-bond donors (Lipinski definition) is 0. The van der Waals surface area contributed by atoms with E-state index in [1.54, 1.807) is 4.90 Å². The van der Waals surface area contributed by atoms with E-state index in [1.165, 1.54) is 0 Å². The van der Waals surface area contributed by atoms with Crippen LogP contribution in [0.4, 0.5) is 4.79 Å².